The normalized spacial score (nSPS) is 15.3. The highest BCUT2D eigenvalue weighted by Crippen LogP contribution is 2.36. The van der Waals surface area contributed by atoms with Gasteiger partial charge in [0.05, 0.1) is 38.6 Å². The summed E-state index contributed by atoms with van der Waals surface area (Å²) in [4.78, 5) is 38.7. The van der Waals surface area contributed by atoms with Crippen molar-refractivity contribution in [2.75, 3.05) is 44.7 Å². The van der Waals surface area contributed by atoms with Crippen molar-refractivity contribution < 1.29 is 33.3 Å². The zero-order valence-corrected chi connectivity index (χ0v) is 18.6. The second-order valence-electron chi connectivity index (χ2n) is 6.94. The number of amides is 2. The molecule has 0 spiro atoms. The fraction of sp³-hybridized carbons (Fsp3) is 0.318. The lowest BCUT2D eigenvalue weighted by Gasteiger charge is -2.20. The Labute approximate surface area is 190 Å². The summed E-state index contributed by atoms with van der Waals surface area (Å²) in [5, 5.41) is 3.00. The second-order valence-corrected chi connectivity index (χ2v) is 7.38. The molecule has 9 nitrogen and oxygen atoms in total. The number of carbonyl (C=O) groups excluding carboxylic acids is 3. The zero-order chi connectivity index (χ0) is 23.3. The van der Waals surface area contributed by atoms with E-state index in [-0.39, 0.29) is 18.9 Å². The summed E-state index contributed by atoms with van der Waals surface area (Å²) in [5.74, 6) is -0.738. The van der Waals surface area contributed by atoms with Gasteiger partial charge in [-0.15, -0.1) is 0 Å². The van der Waals surface area contributed by atoms with Crippen LogP contribution in [0.3, 0.4) is 0 Å². The lowest BCUT2D eigenvalue weighted by Crippen LogP contribution is -2.28. The van der Waals surface area contributed by atoms with Gasteiger partial charge in [-0.25, -0.2) is 0 Å². The van der Waals surface area contributed by atoms with Crippen LogP contribution in [-0.2, 0) is 19.1 Å². The van der Waals surface area contributed by atoms with Gasteiger partial charge in [0.2, 0.25) is 5.91 Å². The van der Waals surface area contributed by atoms with Gasteiger partial charge < -0.3 is 29.2 Å². The lowest BCUT2D eigenvalue weighted by molar-refractivity contribution is -0.151. The van der Waals surface area contributed by atoms with E-state index in [0.29, 0.717) is 33.6 Å². The Morgan fingerprint density at radius 2 is 1.78 bits per heavy atom. The maximum absolute atomic E-state index is 12.6. The summed E-state index contributed by atoms with van der Waals surface area (Å²) in [5.41, 5.74) is 0.853. The summed E-state index contributed by atoms with van der Waals surface area (Å²) in [7, 11) is 4.46. The average molecular weight is 463 g/mol. The molecule has 0 unspecified atom stereocenters. The number of halogens is 1. The zero-order valence-electron chi connectivity index (χ0n) is 17.8. The SMILES string of the molecule is COc1ccc(OC)c(N2C[C@H](C(=O)OCC(=O)Nc3cc(Cl)ccc3OC)CC2=O)c1. The minimum atomic E-state index is -0.716. The highest BCUT2D eigenvalue weighted by Gasteiger charge is 2.37. The molecular weight excluding hydrogens is 440 g/mol. The van der Waals surface area contributed by atoms with Gasteiger partial charge in [-0.3, -0.25) is 14.4 Å². The Bertz CT molecular complexity index is 1030. The number of anilines is 2. The number of hydrogen-bond acceptors (Lipinski definition) is 7. The largest absolute Gasteiger partial charge is 0.497 e. The summed E-state index contributed by atoms with van der Waals surface area (Å²) in [6.07, 6.45) is -0.0388. The highest BCUT2D eigenvalue weighted by atomic mass is 35.5. The van der Waals surface area contributed by atoms with E-state index in [0.717, 1.165) is 0 Å². The molecule has 2 aromatic carbocycles. The molecule has 0 bridgehead atoms. The fourth-order valence-electron chi connectivity index (χ4n) is 3.32. The van der Waals surface area contributed by atoms with E-state index < -0.39 is 24.4 Å². The van der Waals surface area contributed by atoms with Crippen LogP contribution in [0.1, 0.15) is 6.42 Å². The van der Waals surface area contributed by atoms with Gasteiger partial charge in [0.1, 0.15) is 17.2 Å². The van der Waals surface area contributed by atoms with Gasteiger partial charge in [0.25, 0.3) is 5.91 Å². The first-order valence-electron chi connectivity index (χ1n) is 9.68. The van der Waals surface area contributed by atoms with Crippen LogP contribution in [0.5, 0.6) is 17.2 Å². The van der Waals surface area contributed by atoms with Gasteiger partial charge in [-0.05, 0) is 30.3 Å². The average Bonchev–Trinajstić information content (AvgIpc) is 3.18. The molecule has 0 saturated carbocycles. The van der Waals surface area contributed by atoms with Crippen molar-refractivity contribution in [1.82, 2.24) is 0 Å². The predicted octanol–water partition coefficient (Wildman–Crippen LogP) is 2.90. The van der Waals surface area contributed by atoms with Gasteiger partial charge in [0, 0.05) is 24.1 Å². The van der Waals surface area contributed by atoms with E-state index in [4.69, 9.17) is 30.5 Å². The van der Waals surface area contributed by atoms with Crippen molar-refractivity contribution in [3.8, 4) is 17.2 Å². The summed E-state index contributed by atoms with van der Waals surface area (Å²) in [6, 6.07) is 9.81. The van der Waals surface area contributed by atoms with Gasteiger partial charge in [-0.2, -0.15) is 0 Å². The molecule has 32 heavy (non-hydrogen) atoms. The van der Waals surface area contributed by atoms with Crippen LogP contribution in [0.4, 0.5) is 11.4 Å². The van der Waals surface area contributed by atoms with E-state index in [1.807, 2.05) is 0 Å². The molecule has 0 radical (unpaired) electrons. The first kappa shape index (κ1) is 23.2. The number of hydrogen-bond donors (Lipinski definition) is 1. The first-order valence-corrected chi connectivity index (χ1v) is 10.1. The fourth-order valence-corrected chi connectivity index (χ4v) is 3.50. The standard InChI is InChI=1S/C22H23ClN2O7/c1-29-15-5-7-19(31-3)17(10-15)25-11-13(8-21(25)27)22(28)32-12-20(26)24-16-9-14(23)4-6-18(16)30-2/h4-7,9-10,13H,8,11-12H2,1-3H3,(H,24,26)/t13-/m1/s1. The number of rotatable bonds is 8. The lowest BCUT2D eigenvalue weighted by atomic mass is 10.1. The molecule has 1 atom stereocenters. The van der Waals surface area contributed by atoms with Crippen LogP contribution in [0, 0.1) is 5.92 Å². The Balaban J connectivity index is 1.61. The van der Waals surface area contributed by atoms with Crippen LogP contribution in [0.15, 0.2) is 36.4 Å². The Morgan fingerprint density at radius 1 is 1.06 bits per heavy atom. The molecule has 2 aromatic rings. The van der Waals surface area contributed by atoms with Gasteiger partial charge >= 0.3 is 5.97 Å². The van der Waals surface area contributed by atoms with E-state index in [1.165, 1.54) is 32.3 Å². The number of nitrogens with zero attached hydrogens (tertiary/aromatic N) is 1. The topological polar surface area (TPSA) is 103 Å². The number of esters is 1. The summed E-state index contributed by atoms with van der Waals surface area (Å²) < 4.78 is 20.8. The maximum Gasteiger partial charge on any atom is 0.311 e. The number of nitrogens with one attached hydrogen (secondary N) is 1. The van der Waals surface area contributed by atoms with Crippen LogP contribution < -0.4 is 24.4 Å². The second kappa shape index (κ2) is 10.2. The summed E-state index contributed by atoms with van der Waals surface area (Å²) in [6.45, 7) is -0.410. The van der Waals surface area contributed by atoms with Crippen molar-refractivity contribution in [3.63, 3.8) is 0 Å². The van der Waals surface area contributed by atoms with Crippen LogP contribution in [-0.4, -0.2) is 52.3 Å². The Kier molecular flexibility index (Phi) is 7.42. The van der Waals surface area contributed by atoms with Crippen LogP contribution in [0.2, 0.25) is 5.02 Å². The predicted molar refractivity (Wildman–Crippen MR) is 118 cm³/mol. The molecule has 1 fully saturated rings. The van der Waals surface area contributed by atoms with Crippen molar-refractivity contribution >= 4 is 40.8 Å². The van der Waals surface area contributed by atoms with Crippen LogP contribution >= 0.6 is 11.6 Å². The van der Waals surface area contributed by atoms with Crippen LogP contribution in [0.25, 0.3) is 0 Å². The van der Waals surface area contributed by atoms with Crippen molar-refractivity contribution in [2.24, 2.45) is 5.92 Å². The Hall–Kier alpha value is -3.46. The van der Waals surface area contributed by atoms with Gasteiger partial charge in [-0.1, -0.05) is 11.6 Å². The molecule has 1 aliphatic heterocycles. The van der Waals surface area contributed by atoms with E-state index in [2.05, 4.69) is 5.32 Å². The molecule has 10 heteroatoms. The third-order valence-corrected chi connectivity index (χ3v) is 5.15. The first-order chi connectivity index (χ1) is 15.4. The molecule has 1 saturated heterocycles. The molecular formula is C22H23ClN2O7. The molecule has 0 aromatic heterocycles. The number of carbonyl (C=O) groups is 3. The molecule has 2 amide bonds. The van der Waals surface area contributed by atoms with Crippen molar-refractivity contribution in [1.29, 1.82) is 0 Å². The molecule has 1 aliphatic rings. The quantitative estimate of drug-likeness (QED) is 0.601. The molecule has 1 N–H and O–H groups in total. The number of benzene rings is 2. The van der Waals surface area contributed by atoms with Crippen molar-refractivity contribution in [2.45, 2.75) is 6.42 Å². The Morgan fingerprint density at radius 3 is 2.47 bits per heavy atom. The minimum absolute atomic E-state index is 0.0388. The smallest absolute Gasteiger partial charge is 0.311 e. The van der Waals surface area contributed by atoms with E-state index in [1.54, 1.807) is 30.3 Å². The number of ether oxygens (including phenoxy) is 4. The van der Waals surface area contributed by atoms with Crippen molar-refractivity contribution in [3.05, 3.63) is 41.4 Å². The van der Waals surface area contributed by atoms with E-state index in [9.17, 15) is 14.4 Å². The monoisotopic (exact) mass is 462 g/mol. The maximum atomic E-state index is 12.6. The third-order valence-electron chi connectivity index (χ3n) is 4.92. The molecule has 1 heterocycles. The third kappa shape index (κ3) is 5.23. The van der Waals surface area contributed by atoms with E-state index >= 15 is 0 Å². The molecule has 170 valence electrons. The summed E-state index contributed by atoms with van der Waals surface area (Å²) >= 11 is 5.94. The van der Waals surface area contributed by atoms with Gasteiger partial charge in [0.15, 0.2) is 6.61 Å². The minimum Gasteiger partial charge on any atom is -0.497 e. The number of methoxy groups -OCH3 is 3. The molecule has 3 rings (SSSR count). The molecule has 0 aliphatic carbocycles. The highest BCUT2D eigenvalue weighted by molar-refractivity contribution is 6.31.